The molecule has 0 nitrogen and oxygen atoms in total. The second kappa shape index (κ2) is 8.01. The molecule has 0 saturated heterocycles. The van der Waals surface area contributed by atoms with Crippen molar-refractivity contribution in [3.8, 4) is 11.1 Å². The number of rotatable bonds is 1. The van der Waals surface area contributed by atoms with Crippen LogP contribution >= 0.6 is 0 Å². The molecule has 0 fully saturated rings. The minimum atomic E-state index is 1.26. The second-order valence-electron chi connectivity index (χ2n) is 12.4. The lowest BCUT2D eigenvalue weighted by atomic mass is 9.89. The molecule has 0 atom stereocenters. The highest BCUT2D eigenvalue weighted by Gasteiger charge is 2.20. The lowest BCUT2D eigenvalue weighted by molar-refractivity contribution is 1.71. The van der Waals surface area contributed by atoms with E-state index in [1.807, 2.05) is 0 Å². The molecule has 0 aliphatic heterocycles. The molecule has 11 aromatic rings. The largest absolute Gasteiger partial charge is 0.0616 e. The van der Waals surface area contributed by atoms with Crippen LogP contribution in [0.5, 0.6) is 0 Å². The molecule has 0 heterocycles. The molecule has 11 rings (SSSR count). The molecule has 0 aromatic heterocycles. The Morgan fingerprint density at radius 3 is 1.64 bits per heavy atom. The van der Waals surface area contributed by atoms with Crippen LogP contribution in [0.15, 0.2) is 146 Å². The van der Waals surface area contributed by atoms with Crippen molar-refractivity contribution in [2.45, 2.75) is 0 Å². The highest BCUT2D eigenvalue weighted by Crippen LogP contribution is 2.48. The lowest BCUT2D eigenvalue weighted by Crippen LogP contribution is -1.87. The molecule has 0 unspecified atom stereocenters. The first-order valence-corrected chi connectivity index (χ1v) is 15.4. The topological polar surface area (TPSA) is 0 Å². The Labute approximate surface area is 253 Å². The van der Waals surface area contributed by atoms with Gasteiger partial charge in [0.05, 0.1) is 0 Å². The Morgan fingerprint density at radius 1 is 0.227 bits per heavy atom. The summed E-state index contributed by atoms with van der Waals surface area (Å²) >= 11 is 0. The van der Waals surface area contributed by atoms with E-state index in [0.717, 1.165) is 0 Å². The van der Waals surface area contributed by atoms with Gasteiger partial charge in [-0.05, 0) is 132 Å². The van der Waals surface area contributed by atoms with E-state index < -0.39 is 0 Å². The third kappa shape index (κ3) is 2.79. The van der Waals surface area contributed by atoms with Crippen molar-refractivity contribution >= 4 is 97.0 Å². The summed E-state index contributed by atoms with van der Waals surface area (Å²) in [7, 11) is 0. The van der Waals surface area contributed by atoms with E-state index in [4.69, 9.17) is 0 Å². The fourth-order valence-corrected chi connectivity index (χ4v) is 8.37. The standard InChI is InChI=1S/C44H24/c1-2-8-27-21-28(16-15-25(27)7-1)30-19-20-35-31-11-3-4-12-32(31)41-24-39-36(43(30)44(35)41)18-17-29-22-38-33-13-5-9-26-10-6-14-34(42(26)33)40(38)23-37(29)39/h1-24H. The van der Waals surface area contributed by atoms with Crippen molar-refractivity contribution < 1.29 is 0 Å². The number of fused-ring (bicyclic) bond motifs is 11. The highest BCUT2D eigenvalue weighted by atomic mass is 14.2. The fourth-order valence-electron chi connectivity index (χ4n) is 8.37. The molecule has 0 aliphatic rings. The van der Waals surface area contributed by atoms with Crippen molar-refractivity contribution in [3.63, 3.8) is 0 Å². The van der Waals surface area contributed by atoms with Crippen LogP contribution in [0.2, 0.25) is 0 Å². The van der Waals surface area contributed by atoms with E-state index in [2.05, 4.69) is 146 Å². The molecule has 0 radical (unpaired) electrons. The van der Waals surface area contributed by atoms with Crippen LogP contribution in [0, 0.1) is 0 Å². The molecular formula is C44H24. The Balaban J connectivity index is 1.35. The van der Waals surface area contributed by atoms with Gasteiger partial charge in [-0.1, -0.05) is 121 Å². The predicted octanol–water partition coefficient (Wildman–Crippen LogP) is 12.6. The van der Waals surface area contributed by atoms with E-state index in [1.165, 1.54) is 108 Å². The van der Waals surface area contributed by atoms with E-state index in [0.29, 0.717) is 0 Å². The van der Waals surface area contributed by atoms with Crippen LogP contribution in [-0.4, -0.2) is 0 Å². The van der Waals surface area contributed by atoms with Crippen molar-refractivity contribution in [2.24, 2.45) is 0 Å². The van der Waals surface area contributed by atoms with E-state index in [9.17, 15) is 0 Å². The van der Waals surface area contributed by atoms with Crippen LogP contribution in [0.25, 0.3) is 108 Å². The van der Waals surface area contributed by atoms with Gasteiger partial charge in [0.15, 0.2) is 0 Å². The third-order valence-corrected chi connectivity index (χ3v) is 10.3. The highest BCUT2D eigenvalue weighted by molar-refractivity contribution is 6.39. The van der Waals surface area contributed by atoms with Gasteiger partial charge in [0, 0.05) is 0 Å². The Hall–Kier alpha value is -5.72. The number of benzene rings is 9. The van der Waals surface area contributed by atoms with Crippen molar-refractivity contribution in [3.05, 3.63) is 146 Å². The van der Waals surface area contributed by atoms with E-state index >= 15 is 0 Å². The summed E-state index contributed by atoms with van der Waals surface area (Å²) in [4.78, 5) is 0. The summed E-state index contributed by atoms with van der Waals surface area (Å²) in [6.45, 7) is 0. The van der Waals surface area contributed by atoms with Gasteiger partial charge in [-0.25, -0.2) is 0 Å². The quantitative estimate of drug-likeness (QED) is 0.178. The van der Waals surface area contributed by atoms with Crippen molar-refractivity contribution in [2.75, 3.05) is 0 Å². The van der Waals surface area contributed by atoms with Gasteiger partial charge in [0.1, 0.15) is 0 Å². The van der Waals surface area contributed by atoms with Crippen LogP contribution in [0.4, 0.5) is 0 Å². The Kier molecular flexibility index (Phi) is 4.15. The number of hydrogen-bond donors (Lipinski definition) is 0. The van der Waals surface area contributed by atoms with Gasteiger partial charge in [-0.2, -0.15) is 0 Å². The molecule has 0 aliphatic carbocycles. The SMILES string of the molecule is c1ccc2cc(-c3ccc4c5ccccc5c5cc6c7cc8c(cc7ccc6c3c45)c3cccc4cccc8c43)ccc2c1. The molecule has 0 spiro atoms. The molecule has 0 bridgehead atoms. The minimum absolute atomic E-state index is 1.26. The fraction of sp³-hybridized carbons (Fsp3) is 0. The maximum atomic E-state index is 2.48. The summed E-state index contributed by atoms with van der Waals surface area (Å²) in [5.41, 5.74) is 2.56. The zero-order valence-corrected chi connectivity index (χ0v) is 23.9. The zero-order chi connectivity index (χ0) is 28.5. The summed E-state index contributed by atoms with van der Waals surface area (Å²) in [6, 6.07) is 54.8. The van der Waals surface area contributed by atoms with Gasteiger partial charge in [-0.15, -0.1) is 0 Å². The molecule has 0 heteroatoms. The van der Waals surface area contributed by atoms with Gasteiger partial charge >= 0.3 is 0 Å². The van der Waals surface area contributed by atoms with Gasteiger partial charge in [0.2, 0.25) is 0 Å². The Morgan fingerprint density at radius 2 is 0.795 bits per heavy atom. The van der Waals surface area contributed by atoms with E-state index in [-0.39, 0.29) is 0 Å². The monoisotopic (exact) mass is 552 g/mol. The second-order valence-corrected chi connectivity index (χ2v) is 12.4. The van der Waals surface area contributed by atoms with Crippen molar-refractivity contribution in [1.82, 2.24) is 0 Å². The summed E-state index contributed by atoms with van der Waals surface area (Å²) < 4.78 is 0. The molecule has 44 heavy (non-hydrogen) atoms. The zero-order valence-electron chi connectivity index (χ0n) is 23.9. The first kappa shape index (κ1) is 22.8. The Bertz CT molecular complexity index is 2970. The molecule has 11 aromatic carbocycles. The average molecular weight is 553 g/mol. The third-order valence-electron chi connectivity index (χ3n) is 10.3. The number of hydrogen-bond acceptors (Lipinski definition) is 0. The van der Waals surface area contributed by atoms with Crippen LogP contribution < -0.4 is 0 Å². The maximum absolute atomic E-state index is 2.48. The molecular weight excluding hydrogens is 528 g/mol. The van der Waals surface area contributed by atoms with Crippen LogP contribution in [0.3, 0.4) is 0 Å². The van der Waals surface area contributed by atoms with Crippen LogP contribution in [0.1, 0.15) is 0 Å². The molecule has 0 saturated carbocycles. The molecule has 0 N–H and O–H groups in total. The van der Waals surface area contributed by atoms with Crippen molar-refractivity contribution in [1.29, 1.82) is 0 Å². The van der Waals surface area contributed by atoms with Crippen LogP contribution in [-0.2, 0) is 0 Å². The minimum Gasteiger partial charge on any atom is -0.0616 e. The first-order valence-electron chi connectivity index (χ1n) is 15.4. The first-order chi connectivity index (χ1) is 21.8. The van der Waals surface area contributed by atoms with Gasteiger partial charge < -0.3 is 0 Å². The maximum Gasteiger partial charge on any atom is -0.00137 e. The predicted molar refractivity (Wildman–Crippen MR) is 192 cm³/mol. The van der Waals surface area contributed by atoms with Gasteiger partial charge in [0.25, 0.3) is 0 Å². The molecule has 0 amide bonds. The van der Waals surface area contributed by atoms with Gasteiger partial charge in [-0.3, -0.25) is 0 Å². The summed E-state index contributed by atoms with van der Waals surface area (Å²) in [5, 5.41) is 24.0. The lowest BCUT2D eigenvalue weighted by Gasteiger charge is -2.14. The van der Waals surface area contributed by atoms with E-state index in [1.54, 1.807) is 0 Å². The smallest absolute Gasteiger partial charge is 0.00137 e. The molecule has 200 valence electrons. The average Bonchev–Trinajstić information content (AvgIpc) is 3.58. The normalized spacial score (nSPS) is 12.5. The summed E-state index contributed by atoms with van der Waals surface area (Å²) in [5.74, 6) is 0. The summed E-state index contributed by atoms with van der Waals surface area (Å²) in [6.07, 6.45) is 0.